The first-order chi connectivity index (χ1) is 7.00. The number of halogens is 2. The second-order valence-electron chi connectivity index (χ2n) is 4.16. The summed E-state index contributed by atoms with van der Waals surface area (Å²) in [5.41, 5.74) is 0.765. The van der Waals surface area contributed by atoms with E-state index in [0.717, 1.165) is 11.6 Å². The van der Waals surface area contributed by atoms with Crippen molar-refractivity contribution in [2.24, 2.45) is 5.92 Å². The van der Waals surface area contributed by atoms with Crippen molar-refractivity contribution in [3.8, 4) is 0 Å². The van der Waals surface area contributed by atoms with Gasteiger partial charge in [0.1, 0.15) is 0 Å². The van der Waals surface area contributed by atoms with Gasteiger partial charge in [0.05, 0.1) is 0 Å². The van der Waals surface area contributed by atoms with Gasteiger partial charge in [-0.15, -0.1) is 0 Å². The van der Waals surface area contributed by atoms with E-state index < -0.39 is 11.6 Å². The molecule has 0 saturated carbocycles. The van der Waals surface area contributed by atoms with Crippen molar-refractivity contribution < 1.29 is 8.78 Å². The number of hydrogen-bond donors (Lipinski definition) is 1. The third-order valence-electron chi connectivity index (χ3n) is 2.61. The lowest BCUT2D eigenvalue weighted by Crippen LogP contribution is -2.30. The van der Waals surface area contributed by atoms with Crippen LogP contribution in [0.5, 0.6) is 0 Å². The van der Waals surface area contributed by atoms with E-state index in [1.54, 1.807) is 6.07 Å². The number of nitrogens with one attached hydrogen (secondary N) is 1. The van der Waals surface area contributed by atoms with Gasteiger partial charge < -0.3 is 5.32 Å². The monoisotopic (exact) mass is 213 g/mol. The van der Waals surface area contributed by atoms with Gasteiger partial charge in [-0.1, -0.05) is 19.9 Å². The molecule has 1 aromatic rings. The lowest BCUT2D eigenvalue weighted by Gasteiger charge is -2.17. The maximum absolute atomic E-state index is 12.9. The van der Waals surface area contributed by atoms with Crippen molar-refractivity contribution in [3.63, 3.8) is 0 Å². The predicted octanol–water partition coefficient (Wildman–Crippen LogP) is 3.10. The lowest BCUT2D eigenvalue weighted by molar-refractivity contribution is 0.425. The SMILES string of the molecule is CC(C)[C@@H](C)NCc1ccc(F)c(F)c1. The van der Waals surface area contributed by atoms with E-state index in [-0.39, 0.29) is 0 Å². The van der Waals surface area contributed by atoms with Crippen LogP contribution in [0.1, 0.15) is 26.3 Å². The third-order valence-corrected chi connectivity index (χ3v) is 2.61. The Bertz CT molecular complexity index is 323. The van der Waals surface area contributed by atoms with Crippen molar-refractivity contribution in [2.45, 2.75) is 33.4 Å². The molecule has 0 aromatic heterocycles. The molecule has 15 heavy (non-hydrogen) atoms. The van der Waals surface area contributed by atoms with Gasteiger partial charge in [-0.2, -0.15) is 0 Å². The summed E-state index contributed by atoms with van der Waals surface area (Å²) in [7, 11) is 0. The molecule has 1 N–H and O–H groups in total. The van der Waals surface area contributed by atoms with E-state index in [9.17, 15) is 8.78 Å². The summed E-state index contributed by atoms with van der Waals surface area (Å²) in [6.45, 7) is 6.87. The Labute approximate surface area is 89.5 Å². The molecule has 1 nitrogen and oxygen atoms in total. The van der Waals surface area contributed by atoms with Gasteiger partial charge >= 0.3 is 0 Å². The van der Waals surface area contributed by atoms with Crippen LogP contribution in [0, 0.1) is 17.6 Å². The van der Waals surface area contributed by atoms with Gasteiger partial charge in [0.15, 0.2) is 11.6 Å². The largest absolute Gasteiger partial charge is 0.310 e. The van der Waals surface area contributed by atoms with Crippen molar-refractivity contribution in [1.82, 2.24) is 5.32 Å². The zero-order valence-electron chi connectivity index (χ0n) is 9.35. The Morgan fingerprint density at radius 1 is 1.13 bits per heavy atom. The highest BCUT2D eigenvalue weighted by atomic mass is 19.2. The van der Waals surface area contributed by atoms with Gasteiger partial charge in [-0.3, -0.25) is 0 Å². The molecule has 0 aliphatic rings. The van der Waals surface area contributed by atoms with Crippen molar-refractivity contribution in [3.05, 3.63) is 35.4 Å². The zero-order valence-corrected chi connectivity index (χ0v) is 9.35. The molecule has 0 radical (unpaired) electrons. The molecule has 1 aromatic carbocycles. The van der Waals surface area contributed by atoms with Crippen LogP contribution in [-0.4, -0.2) is 6.04 Å². The third kappa shape index (κ3) is 3.59. The van der Waals surface area contributed by atoms with Crippen LogP contribution < -0.4 is 5.32 Å². The van der Waals surface area contributed by atoms with Crippen LogP contribution in [-0.2, 0) is 6.54 Å². The van der Waals surface area contributed by atoms with E-state index >= 15 is 0 Å². The average molecular weight is 213 g/mol. The summed E-state index contributed by atoms with van der Waals surface area (Å²) in [6.07, 6.45) is 0. The Kier molecular flexibility index (Phi) is 4.21. The zero-order chi connectivity index (χ0) is 11.4. The van der Waals surface area contributed by atoms with E-state index in [0.29, 0.717) is 18.5 Å². The Balaban J connectivity index is 2.55. The van der Waals surface area contributed by atoms with Gasteiger partial charge in [-0.05, 0) is 30.5 Å². The number of benzene rings is 1. The molecular weight excluding hydrogens is 196 g/mol. The Hall–Kier alpha value is -0.960. The topological polar surface area (TPSA) is 12.0 Å². The molecule has 0 amide bonds. The molecule has 0 bridgehead atoms. The normalized spacial score (nSPS) is 13.2. The summed E-state index contributed by atoms with van der Waals surface area (Å²) < 4.78 is 25.5. The molecule has 84 valence electrons. The van der Waals surface area contributed by atoms with Crippen LogP contribution in [0.3, 0.4) is 0 Å². The molecule has 0 aliphatic carbocycles. The molecule has 0 saturated heterocycles. The summed E-state index contributed by atoms with van der Waals surface area (Å²) in [6, 6.07) is 4.35. The van der Waals surface area contributed by atoms with Crippen LogP contribution in [0.25, 0.3) is 0 Å². The average Bonchev–Trinajstić information content (AvgIpc) is 2.19. The van der Waals surface area contributed by atoms with Gasteiger partial charge in [0, 0.05) is 12.6 Å². The van der Waals surface area contributed by atoms with Gasteiger partial charge in [-0.25, -0.2) is 8.78 Å². The quantitative estimate of drug-likeness (QED) is 0.810. The molecule has 0 fully saturated rings. The number of rotatable bonds is 4. The van der Waals surface area contributed by atoms with E-state index in [1.165, 1.54) is 6.07 Å². The second-order valence-corrected chi connectivity index (χ2v) is 4.16. The molecule has 0 spiro atoms. The Morgan fingerprint density at radius 3 is 2.33 bits per heavy atom. The van der Waals surface area contributed by atoms with E-state index in [1.807, 2.05) is 0 Å². The highest BCUT2D eigenvalue weighted by Crippen LogP contribution is 2.09. The summed E-state index contributed by atoms with van der Waals surface area (Å²) in [4.78, 5) is 0. The molecule has 1 atom stereocenters. The summed E-state index contributed by atoms with van der Waals surface area (Å²) in [5, 5.41) is 3.26. The van der Waals surface area contributed by atoms with Crippen molar-refractivity contribution in [2.75, 3.05) is 0 Å². The molecule has 0 heterocycles. The molecule has 0 unspecified atom stereocenters. The van der Waals surface area contributed by atoms with E-state index in [4.69, 9.17) is 0 Å². The standard InChI is InChI=1S/C12H17F2N/c1-8(2)9(3)15-7-10-4-5-11(13)12(14)6-10/h4-6,8-9,15H,7H2,1-3H3/t9-/m1/s1. The maximum atomic E-state index is 12.9. The van der Waals surface area contributed by atoms with Gasteiger partial charge in [0.25, 0.3) is 0 Å². The van der Waals surface area contributed by atoms with Crippen LogP contribution in [0.2, 0.25) is 0 Å². The first-order valence-corrected chi connectivity index (χ1v) is 5.18. The first kappa shape index (κ1) is 12.1. The van der Waals surface area contributed by atoms with E-state index in [2.05, 4.69) is 26.1 Å². The van der Waals surface area contributed by atoms with Crippen molar-refractivity contribution >= 4 is 0 Å². The summed E-state index contributed by atoms with van der Waals surface area (Å²) >= 11 is 0. The maximum Gasteiger partial charge on any atom is 0.159 e. The fourth-order valence-electron chi connectivity index (χ4n) is 1.16. The number of hydrogen-bond acceptors (Lipinski definition) is 1. The molecule has 0 aliphatic heterocycles. The lowest BCUT2D eigenvalue weighted by atomic mass is 10.1. The minimum atomic E-state index is -0.796. The first-order valence-electron chi connectivity index (χ1n) is 5.18. The van der Waals surface area contributed by atoms with Crippen LogP contribution in [0.15, 0.2) is 18.2 Å². The molecule has 3 heteroatoms. The van der Waals surface area contributed by atoms with Crippen LogP contribution >= 0.6 is 0 Å². The Morgan fingerprint density at radius 2 is 1.80 bits per heavy atom. The molecule has 1 rings (SSSR count). The molecular formula is C12H17F2N. The van der Waals surface area contributed by atoms with Crippen LogP contribution in [0.4, 0.5) is 8.78 Å². The van der Waals surface area contributed by atoms with Gasteiger partial charge in [0.2, 0.25) is 0 Å². The predicted molar refractivity (Wildman–Crippen MR) is 57.5 cm³/mol. The highest BCUT2D eigenvalue weighted by molar-refractivity contribution is 5.17. The van der Waals surface area contributed by atoms with Crippen molar-refractivity contribution in [1.29, 1.82) is 0 Å². The minimum Gasteiger partial charge on any atom is -0.310 e. The minimum absolute atomic E-state index is 0.359. The smallest absolute Gasteiger partial charge is 0.159 e. The second kappa shape index (κ2) is 5.21. The highest BCUT2D eigenvalue weighted by Gasteiger charge is 2.07. The fraction of sp³-hybridized carbons (Fsp3) is 0.500. The fourth-order valence-corrected chi connectivity index (χ4v) is 1.16. The summed E-state index contributed by atoms with van der Waals surface area (Å²) in [5.74, 6) is -1.06.